The molecule has 6 nitrogen and oxygen atoms in total. The van der Waals surface area contributed by atoms with E-state index in [1.165, 1.54) is 18.2 Å². The first-order chi connectivity index (χ1) is 18.3. The van der Waals surface area contributed by atoms with Crippen molar-refractivity contribution in [3.8, 4) is 0 Å². The average molecular weight is 560 g/mol. The Morgan fingerprint density at radius 1 is 1.18 bits per heavy atom. The van der Waals surface area contributed by atoms with Crippen molar-refractivity contribution in [1.29, 1.82) is 0 Å². The van der Waals surface area contributed by atoms with Gasteiger partial charge in [0.25, 0.3) is 5.56 Å². The number of nitrogens with zero attached hydrogens (tertiary/aromatic N) is 2. The molecule has 1 amide bonds. The molecule has 1 atom stereocenters. The van der Waals surface area contributed by atoms with E-state index in [4.69, 9.17) is 27.9 Å². The number of pyridine rings is 1. The molecule has 2 aliphatic rings. The monoisotopic (exact) mass is 559 g/mol. The summed E-state index contributed by atoms with van der Waals surface area (Å²) in [5, 5.41) is 5.11. The Balaban J connectivity index is 0.00000164. The number of anilines is 1. The summed E-state index contributed by atoms with van der Waals surface area (Å²) in [5.74, 6) is -0.775. The van der Waals surface area contributed by atoms with E-state index < -0.39 is 11.4 Å². The lowest BCUT2D eigenvalue weighted by molar-refractivity contribution is -0.125. The molecule has 0 radical (unpaired) electrons. The van der Waals surface area contributed by atoms with Crippen LogP contribution >= 0.6 is 23.2 Å². The molecule has 1 unspecified atom stereocenters. The van der Waals surface area contributed by atoms with Crippen molar-refractivity contribution in [2.24, 2.45) is 0 Å². The largest absolute Gasteiger partial charge is 0.381 e. The molecule has 0 aliphatic carbocycles. The van der Waals surface area contributed by atoms with Crippen LogP contribution in [0.5, 0.6) is 0 Å². The Bertz CT molecular complexity index is 1400. The maximum absolute atomic E-state index is 15.2. The maximum Gasteiger partial charge on any atom is 0.258 e. The third-order valence-electron chi connectivity index (χ3n) is 7.18. The van der Waals surface area contributed by atoms with Crippen molar-refractivity contribution in [1.82, 2.24) is 9.47 Å². The maximum atomic E-state index is 15.2. The van der Waals surface area contributed by atoms with Gasteiger partial charge in [-0.05, 0) is 61.1 Å². The van der Waals surface area contributed by atoms with Gasteiger partial charge in [-0.2, -0.15) is 0 Å². The van der Waals surface area contributed by atoms with Gasteiger partial charge in [-0.15, -0.1) is 0 Å². The number of carbonyl (C=O) groups excluding carboxylic acids is 1. The number of carbonyl (C=O) groups is 1. The number of fused-ring (bicyclic) bond motifs is 1. The highest BCUT2D eigenvalue weighted by atomic mass is 35.5. The van der Waals surface area contributed by atoms with Gasteiger partial charge >= 0.3 is 0 Å². The van der Waals surface area contributed by atoms with Gasteiger partial charge in [-0.3, -0.25) is 9.59 Å². The molecule has 0 saturated carbocycles. The number of nitrogens with one attached hydrogen (secondary N) is 1. The Kier molecular flexibility index (Phi) is 8.81. The fraction of sp³-hybridized carbons (Fsp3) is 0.379. The Hall–Kier alpha value is -2.87. The molecule has 1 N–H and O–H groups in total. The smallest absolute Gasteiger partial charge is 0.258 e. The predicted molar refractivity (Wildman–Crippen MR) is 152 cm³/mol. The van der Waals surface area contributed by atoms with Crippen molar-refractivity contribution in [3.63, 3.8) is 0 Å². The van der Waals surface area contributed by atoms with E-state index in [2.05, 4.69) is 11.9 Å². The molecule has 1 aromatic heterocycles. The zero-order chi connectivity index (χ0) is 27.4. The summed E-state index contributed by atoms with van der Waals surface area (Å²) in [6.07, 6.45) is 5.04. The van der Waals surface area contributed by atoms with E-state index in [1.54, 1.807) is 15.5 Å². The fourth-order valence-electron chi connectivity index (χ4n) is 5.32. The lowest BCUT2D eigenvalue weighted by atomic mass is 9.87. The summed E-state index contributed by atoms with van der Waals surface area (Å²) >= 11 is 12.8. The minimum absolute atomic E-state index is 0.0843. The lowest BCUT2D eigenvalue weighted by Crippen LogP contribution is -2.41. The summed E-state index contributed by atoms with van der Waals surface area (Å²) in [5.41, 5.74) is -0.317. The number of aromatic nitrogens is 1. The molecule has 0 bridgehead atoms. The van der Waals surface area contributed by atoms with E-state index >= 15 is 4.39 Å². The summed E-state index contributed by atoms with van der Waals surface area (Å²) in [6, 6.07) is 10.2. The van der Waals surface area contributed by atoms with Crippen molar-refractivity contribution in [2.45, 2.75) is 44.7 Å². The molecule has 3 aromatic rings. The van der Waals surface area contributed by atoms with E-state index in [1.807, 2.05) is 38.2 Å². The number of likely N-dealkylation sites (tertiary alicyclic amines) is 1. The summed E-state index contributed by atoms with van der Waals surface area (Å²) in [6.45, 7) is 9.37. The second-order valence-corrected chi connectivity index (χ2v) is 10.1. The third-order valence-corrected chi connectivity index (χ3v) is 7.98. The lowest BCUT2D eigenvalue weighted by Gasteiger charge is -2.33. The van der Waals surface area contributed by atoms with Crippen molar-refractivity contribution < 1.29 is 13.9 Å². The Morgan fingerprint density at radius 2 is 1.92 bits per heavy atom. The van der Waals surface area contributed by atoms with Crippen molar-refractivity contribution >= 4 is 45.6 Å². The second-order valence-electron chi connectivity index (χ2n) is 9.31. The molecule has 2 fully saturated rings. The van der Waals surface area contributed by atoms with Gasteiger partial charge < -0.3 is 19.5 Å². The third kappa shape index (κ3) is 5.33. The minimum atomic E-state index is -1.05. The average Bonchev–Trinajstić information content (AvgIpc) is 3.37. The number of halogens is 3. The van der Waals surface area contributed by atoms with Crippen LogP contribution in [0.15, 0.2) is 60.0 Å². The molecule has 202 valence electrons. The normalized spacial score (nSPS) is 19.7. The number of rotatable bonds is 5. The molecule has 2 aromatic carbocycles. The highest BCUT2D eigenvalue weighted by Gasteiger charge is 2.44. The standard InChI is InChI=1S/C27H26Cl2FN3O3.C2H6/c1-2-23(34)32-12-10-27(16-32,24-22(30)6-5-21(28)25(24)29)31-18-4-3-17-7-11-33(26(35)20(17)15-18)19-8-13-36-14-9-19;1-2/h2-7,11,15,19,31H,1,8-10,12-14,16H2;1-2H3. The molecule has 9 heteroatoms. The van der Waals surface area contributed by atoms with Crippen LogP contribution in [0.1, 0.15) is 44.7 Å². The Morgan fingerprint density at radius 3 is 2.63 bits per heavy atom. The van der Waals surface area contributed by atoms with Gasteiger partial charge in [0.2, 0.25) is 5.91 Å². The number of hydrogen-bond donors (Lipinski definition) is 1. The fourth-order valence-corrected chi connectivity index (χ4v) is 5.81. The van der Waals surface area contributed by atoms with Crippen LogP contribution in [0.2, 0.25) is 10.0 Å². The van der Waals surface area contributed by atoms with Crippen LogP contribution < -0.4 is 10.9 Å². The first-order valence-electron chi connectivity index (χ1n) is 12.9. The molecule has 2 saturated heterocycles. The molecular weight excluding hydrogens is 528 g/mol. The van der Waals surface area contributed by atoms with Gasteiger partial charge in [0, 0.05) is 55.2 Å². The molecular formula is C29H32Cl2FN3O3. The van der Waals surface area contributed by atoms with Crippen LogP contribution in [0.4, 0.5) is 10.1 Å². The number of ether oxygens (including phenoxy) is 1. The van der Waals surface area contributed by atoms with Crippen LogP contribution in [0.25, 0.3) is 10.8 Å². The minimum Gasteiger partial charge on any atom is -0.381 e. The van der Waals surface area contributed by atoms with E-state index in [0.717, 1.165) is 18.2 Å². The number of hydrogen-bond acceptors (Lipinski definition) is 4. The van der Waals surface area contributed by atoms with Gasteiger partial charge in [0.05, 0.1) is 15.6 Å². The molecule has 0 spiro atoms. The van der Waals surface area contributed by atoms with Crippen LogP contribution in [0, 0.1) is 5.82 Å². The van der Waals surface area contributed by atoms with Gasteiger partial charge in [0.15, 0.2) is 0 Å². The first kappa shape index (κ1) is 28.1. The van der Waals surface area contributed by atoms with Crippen LogP contribution in [-0.4, -0.2) is 41.7 Å². The van der Waals surface area contributed by atoms with Crippen LogP contribution in [0.3, 0.4) is 0 Å². The SMILES string of the molecule is C=CC(=O)N1CCC(Nc2ccc3ccn(C4CCOCC4)c(=O)c3c2)(c2c(F)ccc(Cl)c2Cl)C1.CC. The highest BCUT2D eigenvalue weighted by molar-refractivity contribution is 6.42. The molecule has 2 aliphatic heterocycles. The summed E-state index contributed by atoms with van der Waals surface area (Å²) in [7, 11) is 0. The first-order valence-corrected chi connectivity index (χ1v) is 13.6. The quantitative estimate of drug-likeness (QED) is 0.284. The molecule has 38 heavy (non-hydrogen) atoms. The van der Waals surface area contributed by atoms with Crippen molar-refractivity contribution in [2.75, 3.05) is 31.6 Å². The highest BCUT2D eigenvalue weighted by Crippen LogP contribution is 2.43. The summed E-state index contributed by atoms with van der Waals surface area (Å²) < 4.78 is 22.5. The Labute approximate surface area is 232 Å². The number of benzene rings is 2. The van der Waals surface area contributed by atoms with E-state index in [0.29, 0.717) is 37.3 Å². The summed E-state index contributed by atoms with van der Waals surface area (Å²) in [4.78, 5) is 27.4. The van der Waals surface area contributed by atoms with Gasteiger partial charge in [-0.25, -0.2) is 4.39 Å². The van der Waals surface area contributed by atoms with E-state index in [9.17, 15) is 9.59 Å². The zero-order valence-electron chi connectivity index (χ0n) is 21.6. The molecule has 3 heterocycles. The van der Waals surface area contributed by atoms with Gasteiger partial charge in [0.1, 0.15) is 5.82 Å². The predicted octanol–water partition coefficient (Wildman–Crippen LogP) is 6.55. The van der Waals surface area contributed by atoms with Gasteiger partial charge in [-0.1, -0.05) is 49.7 Å². The second kappa shape index (κ2) is 11.9. The zero-order valence-corrected chi connectivity index (χ0v) is 23.1. The van der Waals surface area contributed by atoms with Crippen LogP contribution in [-0.2, 0) is 15.1 Å². The molecule has 5 rings (SSSR count). The van der Waals surface area contributed by atoms with E-state index in [-0.39, 0.29) is 39.7 Å². The van der Waals surface area contributed by atoms with Crippen molar-refractivity contribution in [3.05, 3.63) is 87.0 Å². The number of amides is 1. The topological polar surface area (TPSA) is 63.6 Å².